The number of hydrogen-bond acceptors (Lipinski definition) is 1. The van der Waals surface area contributed by atoms with Gasteiger partial charge in [0.2, 0.25) is 0 Å². The fourth-order valence-electron chi connectivity index (χ4n) is 3.13. The number of aryl methyl sites for hydroxylation is 3. The minimum Gasteiger partial charge on any atom is -0.312 e. The van der Waals surface area contributed by atoms with E-state index in [0.717, 1.165) is 6.54 Å². The number of hydrogen-bond donors (Lipinski definition) is 1. The van der Waals surface area contributed by atoms with Crippen molar-refractivity contribution in [2.75, 3.05) is 6.54 Å². The molecule has 21 heavy (non-hydrogen) atoms. The molecule has 0 saturated carbocycles. The van der Waals surface area contributed by atoms with E-state index in [4.69, 9.17) is 0 Å². The van der Waals surface area contributed by atoms with Crippen molar-refractivity contribution >= 4 is 0 Å². The molecule has 0 aromatic heterocycles. The Morgan fingerprint density at radius 3 is 1.76 bits per heavy atom. The summed E-state index contributed by atoms with van der Waals surface area (Å²) in [5.41, 5.74) is 6.38. The van der Waals surface area contributed by atoms with Crippen LogP contribution in [0.15, 0.2) is 12.1 Å². The average molecular weight is 290 g/mol. The van der Waals surface area contributed by atoms with E-state index < -0.39 is 0 Å². The molecule has 1 aromatic carbocycles. The zero-order chi connectivity index (χ0) is 16.3. The Bertz CT molecular complexity index is 438. The Balaban J connectivity index is 3.03. The standard InChI is InChI=1S/C20H35N/c1-9-20(10-2,14-21-19(6,7)8)13-18-16(4)11-15(3)12-17(18)5/h11-12,21H,9-10,13-14H2,1-8H3. The molecule has 1 aromatic rings. The average Bonchev–Trinajstić information content (AvgIpc) is 2.37. The van der Waals surface area contributed by atoms with Crippen molar-refractivity contribution in [2.24, 2.45) is 5.41 Å². The highest BCUT2D eigenvalue weighted by atomic mass is 15.0. The molecule has 1 N–H and O–H groups in total. The largest absolute Gasteiger partial charge is 0.312 e. The normalized spacial score (nSPS) is 12.8. The Morgan fingerprint density at radius 2 is 1.38 bits per heavy atom. The van der Waals surface area contributed by atoms with E-state index in [2.05, 4.69) is 72.8 Å². The van der Waals surface area contributed by atoms with E-state index in [1.807, 2.05) is 0 Å². The van der Waals surface area contributed by atoms with Crippen LogP contribution in [0.2, 0.25) is 0 Å². The van der Waals surface area contributed by atoms with Gasteiger partial charge in [0.15, 0.2) is 0 Å². The molecule has 1 heteroatoms. The van der Waals surface area contributed by atoms with Crippen LogP contribution < -0.4 is 5.32 Å². The van der Waals surface area contributed by atoms with Crippen LogP contribution in [0, 0.1) is 26.2 Å². The number of rotatable bonds is 6. The van der Waals surface area contributed by atoms with E-state index in [9.17, 15) is 0 Å². The van der Waals surface area contributed by atoms with Gasteiger partial charge in [-0.1, -0.05) is 31.5 Å². The fourth-order valence-corrected chi connectivity index (χ4v) is 3.13. The van der Waals surface area contributed by atoms with Gasteiger partial charge in [0.05, 0.1) is 0 Å². The van der Waals surface area contributed by atoms with Gasteiger partial charge < -0.3 is 5.32 Å². The zero-order valence-electron chi connectivity index (χ0n) is 15.5. The van der Waals surface area contributed by atoms with Crippen molar-refractivity contribution in [2.45, 2.75) is 80.2 Å². The summed E-state index contributed by atoms with van der Waals surface area (Å²) in [7, 11) is 0. The van der Waals surface area contributed by atoms with Gasteiger partial charge in [-0.05, 0) is 82.9 Å². The van der Waals surface area contributed by atoms with Gasteiger partial charge in [-0.25, -0.2) is 0 Å². The molecule has 0 heterocycles. The molecule has 0 fully saturated rings. The maximum Gasteiger partial charge on any atom is 0.00967 e. The molecule has 0 aliphatic heterocycles. The van der Waals surface area contributed by atoms with Crippen LogP contribution in [0.5, 0.6) is 0 Å². The van der Waals surface area contributed by atoms with Crippen molar-refractivity contribution in [3.8, 4) is 0 Å². The minimum absolute atomic E-state index is 0.187. The van der Waals surface area contributed by atoms with Gasteiger partial charge in [-0.2, -0.15) is 0 Å². The summed E-state index contributed by atoms with van der Waals surface area (Å²) >= 11 is 0. The summed E-state index contributed by atoms with van der Waals surface area (Å²) in [6.07, 6.45) is 3.62. The predicted octanol–water partition coefficient (Wildman–Crippen LogP) is 5.35. The molecule has 0 saturated heterocycles. The Kier molecular flexibility index (Phi) is 6.04. The third kappa shape index (κ3) is 5.14. The van der Waals surface area contributed by atoms with Crippen LogP contribution in [0.3, 0.4) is 0 Å². The van der Waals surface area contributed by atoms with Crippen LogP contribution in [0.1, 0.15) is 69.7 Å². The molecular weight excluding hydrogens is 254 g/mol. The molecule has 0 radical (unpaired) electrons. The fraction of sp³-hybridized carbons (Fsp3) is 0.700. The van der Waals surface area contributed by atoms with Gasteiger partial charge in [0.25, 0.3) is 0 Å². The molecule has 0 bridgehead atoms. The third-order valence-corrected chi connectivity index (χ3v) is 4.89. The molecule has 0 aliphatic carbocycles. The van der Waals surface area contributed by atoms with E-state index in [-0.39, 0.29) is 5.54 Å². The number of nitrogens with one attached hydrogen (secondary N) is 1. The van der Waals surface area contributed by atoms with Crippen LogP contribution >= 0.6 is 0 Å². The van der Waals surface area contributed by atoms with Crippen LogP contribution in [-0.4, -0.2) is 12.1 Å². The quantitative estimate of drug-likeness (QED) is 0.744. The SMILES string of the molecule is CCC(CC)(CNC(C)(C)C)Cc1c(C)cc(C)cc1C. The highest BCUT2D eigenvalue weighted by Crippen LogP contribution is 2.33. The van der Waals surface area contributed by atoms with Crippen molar-refractivity contribution in [3.05, 3.63) is 34.4 Å². The summed E-state index contributed by atoms with van der Waals surface area (Å²) in [6, 6.07) is 4.66. The first-order valence-electron chi connectivity index (χ1n) is 8.44. The molecule has 0 aliphatic rings. The van der Waals surface area contributed by atoms with E-state index in [1.54, 1.807) is 5.56 Å². The van der Waals surface area contributed by atoms with E-state index in [1.165, 1.54) is 36.0 Å². The lowest BCUT2D eigenvalue weighted by atomic mass is 9.74. The highest BCUT2D eigenvalue weighted by Gasteiger charge is 2.29. The lowest BCUT2D eigenvalue weighted by molar-refractivity contribution is 0.219. The van der Waals surface area contributed by atoms with Crippen molar-refractivity contribution < 1.29 is 0 Å². The first-order valence-corrected chi connectivity index (χ1v) is 8.44. The Hall–Kier alpha value is -0.820. The second-order valence-corrected chi connectivity index (χ2v) is 7.86. The Morgan fingerprint density at radius 1 is 0.905 bits per heavy atom. The van der Waals surface area contributed by atoms with Crippen LogP contribution in [-0.2, 0) is 6.42 Å². The molecule has 0 unspecified atom stereocenters. The highest BCUT2D eigenvalue weighted by molar-refractivity contribution is 5.38. The second-order valence-electron chi connectivity index (χ2n) is 7.86. The van der Waals surface area contributed by atoms with E-state index in [0.29, 0.717) is 5.41 Å². The number of benzene rings is 1. The first-order chi connectivity index (χ1) is 9.62. The maximum atomic E-state index is 3.74. The Labute approximate surface area is 132 Å². The summed E-state index contributed by atoms with van der Waals surface area (Å²) in [4.78, 5) is 0. The lowest BCUT2D eigenvalue weighted by Crippen LogP contribution is -2.44. The first kappa shape index (κ1) is 18.2. The van der Waals surface area contributed by atoms with Gasteiger partial charge >= 0.3 is 0 Å². The second kappa shape index (κ2) is 6.96. The molecule has 120 valence electrons. The third-order valence-electron chi connectivity index (χ3n) is 4.89. The molecular formula is C20H35N. The zero-order valence-corrected chi connectivity index (χ0v) is 15.5. The van der Waals surface area contributed by atoms with Crippen molar-refractivity contribution in [1.82, 2.24) is 5.32 Å². The van der Waals surface area contributed by atoms with Crippen molar-refractivity contribution in [3.63, 3.8) is 0 Å². The predicted molar refractivity (Wildman–Crippen MR) is 95.1 cm³/mol. The molecule has 1 nitrogen and oxygen atoms in total. The summed E-state index contributed by atoms with van der Waals surface area (Å²) in [6.45, 7) is 19.3. The minimum atomic E-state index is 0.187. The maximum absolute atomic E-state index is 3.74. The van der Waals surface area contributed by atoms with Crippen LogP contribution in [0.25, 0.3) is 0 Å². The summed E-state index contributed by atoms with van der Waals surface area (Å²) in [5, 5.41) is 3.74. The van der Waals surface area contributed by atoms with Crippen LogP contribution in [0.4, 0.5) is 0 Å². The van der Waals surface area contributed by atoms with Crippen molar-refractivity contribution in [1.29, 1.82) is 0 Å². The molecule has 0 amide bonds. The summed E-state index contributed by atoms with van der Waals surface area (Å²) < 4.78 is 0. The lowest BCUT2D eigenvalue weighted by Gasteiger charge is -2.36. The summed E-state index contributed by atoms with van der Waals surface area (Å²) in [5.74, 6) is 0. The monoisotopic (exact) mass is 289 g/mol. The molecule has 1 rings (SSSR count). The molecule has 0 spiro atoms. The van der Waals surface area contributed by atoms with E-state index >= 15 is 0 Å². The van der Waals surface area contributed by atoms with Gasteiger partial charge in [0, 0.05) is 12.1 Å². The van der Waals surface area contributed by atoms with Gasteiger partial charge in [-0.15, -0.1) is 0 Å². The molecule has 0 atom stereocenters. The smallest absolute Gasteiger partial charge is 0.00967 e. The van der Waals surface area contributed by atoms with Gasteiger partial charge in [-0.3, -0.25) is 0 Å². The topological polar surface area (TPSA) is 12.0 Å². The van der Waals surface area contributed by atoms with Gasteiger partial charge in [0.1, 0.15) is 0 Å².